The summed E-state index contributed by atoms with van der Waals surface area (Å²) in [7, 11) is 0. The van der Waals surface area contributed by atoms with Crippen molar-refractivity contribution < 1.29 is 18.0 Å². The highest BCUT2D eigenvalue weighted by atomic mass is 19.4. The Hall–Kier alpha value is -1.60. The quantitative estimate of drug-likeness (QED) is 0.879. The number of hydrogen-bond donors (Lipinski definition) is 1. The summed E-state index contributed by atoms with van der Waals surface area (Å²) in [5.74, 6) is -0.864. The Morgan fingerprint density at radius 2 is 1.94 bits per heavy atom. The lowest BCUT2D eigenvalue weighted by Gasteiger charge is -2.17. The van der Waals surface area contributed by atoms with Crippen molar-refractivity contribution in [3.8, 4) is 0 Å². The van der Waals surface area contributed by atoms with Crippen molar-refractivity contribution in [1.29, 1.82) is 0 Å². The van der Waals surface area contributed by atoms with Gasteiger partial charge in [-0.25, -0.2) is 4.68 Å². The molecule has 1 aromatic rings. The zero-order chi connectivity index (χ0) is 13.9. The Labute approximate surface area is 102 Å². The summed E-state index contributed by atoms with van der Waals surface area (Å²) in [4.78, 5) is 10.7. The SMILES string of the molecule is CCC(CC)n1nnc(CC(N)=O)c1C(F)(F)F. The molecule has 0 fully saturated rings. The molecule has 18 heavy (non-hydrogen) atoms. The molecule has 0 aliphatic rings. The molecule has 1 aromatic heterocycles. The molecule has 5 nitrogen and oxygen atoms in total. The average Bonchev–Trinajstić information content (AvgIpc) is 2.62. The molecule has 0 bridgehead atoms. The van der Waals surface area contributed by atoms with E-state index in [0.29, 0.717) is 12.8 Å². The lowest BCUT2D eigenvalue weighted by atomic mass is 10.1. The summed E-state index contributed by atoms with van der Waals surface area (Å²) in [5, 5.41) is 6.95. The average molecular weight is 264 g/mol. The Balaban J connectivity index is 3.27. The van der Waals surface area contributed by atoms with E-state index in [1.807, 2.05) is 0 Å². The minimum atomic E-state index is -4.60. The van der Waals surface area contributed by atoms with Gasteiger partial charge < -0.3 is 5.73 Å². The normalized spacial score (nSPS) is 12.1. The molecule has 102 valence electrons. The second kappa shape index (κ2) is 5.36. The predicted molar refractivity (Wildman–Crippen MR) is 57.5 cm³/mol. The highest BCUT2D eigenvalue weighted by Gasteiger charge is 2.40. The molecular formula is C10H15F3N4O. The lowest BCUT2D eigenvalue weighted by Crippen LogP contribution is -2.22. The van der Waals surface area contributed by atoms with Crippen molar-refractivity contribution in [3.63, 3.8) is 0 Å². The first-order chi connectivity index (χ1) is 8.31. The van der Waals surface area contributed by atoms with Gasteiger partial charge in [0.25, 0.3) is 0 Å². The number of carbonyl (C=O) groups excluding carboxylic acids is 1. The Morgan fingerprint density at radius 1 is 1.39 bits per heavy atom. The van der Waals surface area contributed by atoms with Gasteiger partial charge >= 0.3 is 6.18 Å². The molecule has 0 atom stereocenters. The van der Waals surface area contributed by atoms with Crippen LogP contribution in [0.1, 0.15) is 44.1 Å². The number of amides is 1. The van der Waals surface area contributed by atoms with Gasteiger partial charge in [-0.3, -0.25) is 4.79 Å². The Morgan fingerprint density at radius 3 is 2.33 bits per heavy atom. The molecule has 0 saturated carbocycles. The van der Waals surface area contributed by atoms with Crippen molar-refractivity contribution in [2.75, 3.05) is 0 Å². The van der Waals surface area contributed by atoms with Gasteiger partial charge in [0.05, 0.1) is 12.5 Å². The molecule has 8 heteroatoms. The summed E-state index contributed by atoms with van der Waals surface area (Å²) in [6.07, 6.45) is -4.16. The number of carbonyl (C=O) groups is 1. The maximum absolute atomic E-state index is 13.0. The lowest BCUT2D eigenvalue weighted by molar-refractivity contribution is -0.145. The summed E-state index contributed by atoms with van der Waals surface area (Å²) in [5.41, 5.74) is 3.51. The van der Waals surface area contributed by atoms with Crippen LogP contribution in [0.2, 0.25) is 0 Å². The molecule has 1 rings (SSSR count). The van der Waals surface area contributed by atoms with Crippen LogP contribution in [0.15, 0.2) is 0 Å². The fourth-order valence-corrected chi connectivity index (χ4v) is 1.79. The molecule has 0 aliphatic heterocycles. The van der Waals surface area contributed by atoms with E-state index in [-0.39, 0.29) is 0 Å². The molecule has 0 aliphatic carbocycles. The van der Waals surface area contributed by atoms with Crippen LogP contribution >= 0.6 is 0 Å². The van der Waals surface area contributed by atoms with Gasteiger partial charge in [-0.15, -0.1) is 5.10 Å². The fraction of sp³-hybridized carbons (Fsp3) is 0.700. The van der Waals surface area contributed by atoms with Crippen LogP contribution in [-0.2, 0) is 17.4 Å². The number of nitrogens with zero attached hydrogens (tertiary/aromatic N) is 3. The molecular weight excluding hydrogens is 249 g/mol. The third-order valence-electron chi connectivity index (χ3n) is 2.66. The number of rotatable bonds is 5. The van der Waals surface area contributed by atoms with Crippen LogP contribution in [-0.4, -0.2) is 20.9 Å². The smallest absolute Gasteiger partial charge is 0.369 e. The van der Waals surface area contributed by atoms with Crippen molar-refractivity contribution in [2.45, 2.75) is 45.3 Å². The first kappa shape index (κ1) is 14.5. The van der Waals surface area contributed by atoms with E-state index >= 15 is 0 Å². The molecule has 1 heterocycles. The number of halogens is 3. The number of aromatic nitrogens is 3. The zero-order valence-corrected chi connectivity index (χ0v) is 10.2. The third-order valence-corrected chi connectivity index (χ3v) is 2.66. The van der Waals surface area contributed by atoms with Crippen LogP contribution in [0.5, 0.6) is 0 Å². The molecule has 0 spiro atoms. The van der Waals surface area contributed by atoms with Crippen molar-refractivity contribution in [1.82, 2.24) is 15.0 Å². The predicted octanol–water partition coefficient (Wildman–Crippen LogP) is 1.69. The topological polar surface area (TPSA) is 73.8 Å². The van der Waals surface area contributed by atoms with E-state index in [0.717, 1.165) is 4.68 Å². The summed E-state index contributed by atoms with van der Waals surface area (Å²) in [6, 6.07) is -0.393. The maximum Gasteiger partial charge on any atom is 0.434 e. The molecule has 0 aromatic carbocycles. The number of hydrogen-bond acceptors (Lipinski definition) is 3. The highest BCUT2D eigenvalue weighted by Crippen LogP contribution is 2.34. The van der Waals surface area contributed by atoms with Gasteiger partial charge in [-0.1, -0.05) is 19.1 Å². The first-order valence-electron chi connectivity index (χ1n) is 5.60. The molecule has 0 unspecified atom stereocenters. The number of primary amides is 1. The summed E-state index contributed by atoms with van der Waals surface area (Å²) >= 11 is 0. The van der Waals surface area contributed by atoms with Crippen molar-refractivity contribution >= 4 is 5.91 Å². The van der Waals surface area contributed by atoms with E-state index in [9.17, 15) is 18.0 Å². The van der Waals surface area contributed by atoms with Gasteiger partial charge in [-0.05, 0) is 12.8 Å². The minimum Gasteiger partial charge on any atom is -0.369 e. The van der Waals surface area contributed by atoms with Gasteiger partial charge in [-0.2, -0.15) is 13.2 Å². The monoisotopic (exact) mass is 264 g/mol. The van der Waals surface area contributed by atoms with E-state index in [1.54, 1.807) is 13.8 Å². The van der Waals surface area contributed by atoms with Crippen molar-refractivity contribution in [2.24, 2.45) is 5.73 Å². The van der Waals surface area contributed by atoms with E-state index < -0.39 is 35.9 Å². The van der Waals surface area contributed by atoms with E-state index in [2.05, 4.69) is 10.3 Å². The number of nitrogens with two attached hydrogens (primary N) is 1. The fourth-order valence-electron chi connectivity index (χ4n) is 1.79. The van der Waals surface area contributed by atoms with Crippen LogP contribution < -0.4 is 5.73 Å². The second-order valence-electron chi connectivity index (χ2n) is 3.94. The Bertz CT molecular complexity index is 423. The van der Waals surface area contributed by atoms with Crippen LogP contribution in [0.25, 0.3) is 0 Å². The standard InChI is InChI=1S/C10H15F3N4O/c1-3-6(4-2)17-9(10(11,12)13)7(15-16-17)5-8(14)18/h6H,3-5H2,1-2H3,(H2,14,18). The largest absolute Gasteiger partial charge is 0.434 e. The van der Waals surface area contributed by atoms with Crippen LogP contribution in [0.4, 0.5) is 13.2 Å². The van der Waals surface area contributed by atoms with Crippen molar-refractivity contribution in [3.05, 3.63) is 11.4 Å². The van der Waals surface area contributed by atoms with E-state index in [1.165, 1.54) is 0 Å². The Kier molecular flexibility index (Phi) is 4.31. The summed E-state index contributed by atoms with van der Waals surface area (Å²) < 4.78 is 39.8. The van der Waals surface area contributed by atoms with Crippen LogP contribution in [0.3, 0.4) is 0 Å². The van der Waals surface area contributed by atoms with Gasteiger partial charge in [0.1, 0.15) is 5.69 Å². The third kappa shape index (κ3) is 2.99. The van der Waals surface area contributed by atoms with E-state index in [4.69, 9.17) is 5.73 Å². The number of alkyl halides is 3. The second-order valence-corrected chi connectivity index (χ2v) is 3.94. The molecule has 0 radical (unpaired) electrons. The molecule has 2 N–H and O–H groups in total. The molecule has 1 amide bonds. The first-order valence-corrected chi connectivity index (χ1v) is 5.60. The van der Waals surface area contributed by atoms with Gasteiger partial charge in [0, 0.05) is 0 Å². The summed E-state index contributed by atoms with van der Waals surface area (Å²) in [6.45, 7) is 3.54. The van der Waals surface area contributed by atoms with Crippen LogP contribution in [0, 0.1) is 0 Å². The maximum atomic E-state index is 13.0. The minimum absolute atomic E-state index is 0.393. The van der Waals surface area contributed by atoms with Gasteiger partial charge in [0.2, 0.25) is 5.91 Å². The molecule has 0 saturated heterocycles. The zero-order valence-electron chi connectivity index (χ0n) is 10.2. The highest BCUT2D eigenvalue weighted by molar-refractivity contribution is 5.76. The van der Waals surface area contributed by atoms with Gasteiger partial charge in [0.15, 0.2) is 5.69 Å².